The number of ether oxygens (including phenoxy) is 2. The van der Waals surface area contributed by atoms with Crippen molar-refractivity contribution in [2.45, 2.75) is 46.1 Å². The number of hydrogen-bond donors (Lipinski definition) is 2. The molecule has 2 atom stereocenters. The van der Waals surface area contributed by atoms with E-state index in [4.69, 9.17) is 9.47 Å². The van der Waals surface area contributed by atoms with Crippen LogP contribution in [-0.2, 0) is 0 Å². The Bertz CT molecular complexity index is 1280. The number of fused-ring (bicyclic) bond motifs is 1. The van der Waals surface area contributed by atoms with Gasteiger partial charge in [0.1, 0.15) is 35.4 Å². The Morgan fingerprint density at radius 3 is 2.44 bits per heavy atom. The molecule has 1 unspecified atom stereocenters. The van der Waals surface area contributed by atoms with Crippen molar-refractivity contribution < 1.29 is 19.7 Å². The minimum absolute atomic E-state index is 0.0425. The number of likely N-dealkylation sites (tertiary alicyclic amines) is 1. The van der Waals surface area contributed by atoms with Crippen LogP contribution in [0.2, 0.25) is 0 Å². The first-order valence-corrected chi connectivity index (χ1v) is 12.7. The lowest BCUT2D eigenvalue weighted by Gasteiger charge is -2.29. The van der Waals surface area contributed by atoms with Crippen molar-refractivity contribution in [3.05, 3.63) is 83.4 Å². The van der Waals surface area contributed by atoms with Gasteiger partial charge in [0.2, 0.25) is 0 Å². The zero-order valence-corrected chi connectivity index (χ0v) is 21.5. The Balaban J connectivity index is 1.41. The second-order valence-corrected chi connectivity index (χ2v) is 10.9. The number of hydrogen-bond acceptors (Lipinski definition) is 5. The van der Waals surface area contributed by atoms with E-state index in [-0.39, 0.29) is 17.4 Å². The van der Waals surface area contributed by atoms with Crippen molar-refractivity contribution in [1.82, 2.24) is 4.90 Å². The van der Waals surface area contributed by atoms with E-state index in [0.717, 1.165) is 52.6 Å². The topological polar surface area (TPSA) is 62.2 Å². The molecule has 5 rings (SSSR count). The highest BCUT2D eigenvalue weighted by molar-refractivity contribution is 5.93. The van der Waals surface area contributed by atoms with Gasteiger partial charge < -0.3 is 19.7 Å². The first kappa shape index (κ1) is 24.3. The second-order valence-electron chi connectivity index (χ2n) is 10.9. The Hall–Kier alpha value is -3.44. The number of phenolic OH excluding ortho intramolecular Hbond substituents is 2. The molecule has 0 aromatic heterocycles. The Morgan fingerprint density at radius 1 is 1.00 bits per heavy atom. The van der Waals surface area contributed by atoms with Crippen LogP contribution in [0.4, 0.5) is 0 Å². The number of allylic oxidation sites excluding steroid dienone is 1. The van der Waals surface area contributed by atoms with E-state index in [1.54, 1.807) is 30.3 Å². The van der Waals surface area contributed by atoms with E-state index < -0.39 is 0 Å². The van der Waals surface area contributed by atoms with Gasteiger partial charge >= 0.3 is 0 Å². The molecule has 0 saturated carbocycles. The molecule has 0 spiro atoms. The minimum Gasteiger partial charge on any atom is -0.508 e. The van der Waals surface area contributed by atoms with Crippen LogP contribution in [0.5, 0.6) is 23.0 Å². The number of nitrogens with zero attached hydrogens (tertiary/aromatic N) is 1. The molecule has 188 valence electrons. The lowest BCUT2D eigenvalue weighted by Crippen LogP contribution is -2.36. The Morgan fingerprint density at radius 2 is 1.75 bits per heavy atom. The van der Waals surface area contributed by atoms with Crippen LogP contribution in [0, 0.1) is 5.41 Å². The standard InChI is InChI=1S/C31H35NO4/c1-20(32-15-14-31(3,4)19-32)18-35-26-11-8-22(9-12-26)30-29(23-6-5-7-24(33)16-23)21(2)27-17-25(34)10-13-28(27)36-30/h5-13,16-17,20-21,33-34H,14-15,18-19H2,1-4H3/t20-,21?/m0/s1. The maximum Gasteiger partial charge on any atom is 0.139 e. The van der Waals surface area contributed by atoms with E-state index in [0.29, 0.717) is 18.1 Å². The highest BCUT2D eigenvalue weighted by Gasteiger charge is 2.32. The van der Waals surface area contributed by atoms with E-state index in [2.05, 4.69) is 32.6 Å². The molecule has 2 N–H and O–H groups in total. The maximum absolute atomic E-state index is 10.2. The van der Waals surface area contributed by atoms with Crippen molar-refractivity contribution in [2.24, 2.45) is 5.41 Å². The van der Waals surface area contributed by atoms with Crippen LogP contribution < -0.4 is 9.47 Å². The number of aromatic hydroxyl groups is 2. The van der Waals surface area contributed by atoms with Gasteiger partial charge in [0.25, 0.3) is 0 Å². The van der Waals surface area contributed by atoms with Gasteiger partial charge in [-0.2, -0.15) is 0 Å². The normalized spacial score (nSPS) is 20.1. The van der Waals surface area contributed by atoms with Crippen LogP contribution in [0.15, 0.2) is 66.7 Å². The fraction of sp³-hybridized carbons (Fsp3) is 0.355. The van der Waals surface area contributed by atoms with Crippen molar-refractivity contribution in [3.63, 3.8) is 0 Å². The van der Waals surface area contributed by atoms with Crippen LogP contribution >= 0.6 is 0 Å². The molecule has 36 heavy (non-hydrogen) atoms. The first-order valence-electron chi connectivity index (χ1n) is 12.7. The van der Waals surface area contributed by atoms with E-state index >= 15 is 0 Å². The summed E-state index contributed by atoms with van der Waals surface area (Å²) in [4.78, 5) is 2.51. The van der Waals surface area contributed by atoms with Gasteiger partial charge in [-0.1, -0.05) is 32.9 Å². The van der Waals surface area contributed by atoms with E-state index in [9.17, 15) is 10.2 Å². The fourth-order valence-electron chi connectivity index (χ4n) is 5.31. The van der Waals surface area contributed by atoms with Crippen molar-refractivity contribution in [1.29, 1.82) is 0 Å². The number of rotatable bonds is 6. The quantitative estimate of drug-likeness (QED) is 0.409. The van der Waals surface area contributed by atoms with Crippen molar-refractivity contribution in [2.75, 3.05) is 19.7 Å². The van der Waals surface area contributed by atoms with Gasteiger partial charge in [-0.15, -0.1) is 0 Å². The summed E-state index contributed by atoms with van der Waals surface area (Å²) in [6.07, 6.45) is 1.23. The molecule has 2 heterocycles. The van der Waals surface area contributed by atoms with E-state index in [1.165, 1.54) is 6.42 Å². The first-order chi connectivity index (χ1) is 17.2. The maximum atomic E-state index is 10.2. The Kier molecular flexibility index (Phi) is 6.44. The van der Waals surface area contributed by atoms with Crippen LogP contribution in [0.25, 0.3) is 11.3 Å². The average Bonchev–Trinajstić information content (AvgIpc) is 3.23. The van der Waals surface area contributed by atoms with Gasteiger partial charge in [0.15, 0.2) is 0 Å². The molecule has 1 saturated heterocycles. The summed E-state index contributed by atoms with van der Waals surface area (Å²) < 4.78 is 12.6. The summed E-state index contributed by atoms with van der Waals surface area (Å²) in [7, 11) is 0. The fourth-order valence-corrected chi connectivity index (χ4v) is 5.31. The summed E-state index contributed by atoms with van der Waals surface area (Å²) >= 11 is 0. The van der Waals surface area contributed by atoms with Gasteiger partial charge in [0.05, 0.1) is 0 Å². The van der Waals surface area contributed by atoms with Crippen LogP contribution in [0.1, 0.15) is 56.7 Å². The minimum atomic E-state index is -0.0425. The lowest BCUT2D eigenvalue weighted by molar-refractivity contribution is 0.160. The molecular formula is C31H35NO4. The zero-order chi connectivity index (χ0) is 25.4. The monoisotopic (exact) mass is 485 g/mol. The summed E-state index contributed by atoms with van der Waals surface area (Å²) in [5.74, 6) is 2.66. The third-order valence-corrected chi connectivity index (χ3v) is 7.44. The molecule has 0 aliphatic carbocycles. The molecule has 2 aliphatic heterocycles. The highest BCUT2D eigenvalue weighted by atomic mass is 16.5. The molecule has 2 aliphatic rings. The third-order valence-electron chi connectivity index (χ3n) is 7.44. The predicted octanol–water partition coefficient (Wildman–Crippen LogP) is 6.66. The van der Waals surface area contributed by atoms with Crippen LogP contribution in [0.3, 0.4) is 0 Å². The predicted molar refractivity (Wildman–Crippen MR) is 143 cm³/mol. The second kappa shape index (κ2) is 9.55. The third kappa shape index (κ3) is 4.93. The molecule has 5 heteroatoms. The molecule has 5 nitrogen and oxygen atoms in total. The molecule has 1 fully saturated rings. The van der Waals surface area contributed by atoms with Gasteiger partial charge in [-0.25, -0.2) is 0 Å². The zero-order valence-electron chi connectivity index (χ0n) is 21.5. The van der Waals surface area contributed by atoms with Gasteiger partial charge in [0, 0.05) is 35.2 Å². The van der Waals surface area contributed by atoms with Crippen molar-refractivity contribution >= 4 is 11.3 Å². The molecule has 0 bridgehead atoms. The average molecular weight is 486 g/mol. The molecule has 3 aromatic carbocycles. The number of phenols is 2. The van der Waals surface area contributed by atoms with Gasteiger partial charge in [-0.3, -0.25) is 4.90 Å². The number of benzene rings is 3. The van der Waals surface area contributed by atoms with E-state index in [1.807, 2.05) is 36.4 Å². The SMILES string of the molecule is CC1C(c2cccc(O)c2)=C(c2ccc(OC[C@H](C)N3CCC(C)(C)C3)cc2)Oc2ccc(O)cc21. The molecule has 3 aromatic rings. The van der Waals surface area contributed by atoms with Crippen molar-refractivity contribution in [3.8, 4) is 23.0 Å². The summed E-state index contributed by atoms with van der Waals surface area (Å²) in [5.41, 5.74) is 4.07. The highest BCUT2D eigenvalue weighted by Crippen LogP contribution is 2.48. The van der Waals surface area contributed by atoms with Gasteiger partial charge in [-0.05, 0) is 85.5 Å². The molecule has 0 radical (unpaired) electrons. The lowest BCUT2D eigenvalue weighted by atomic mass is 9.83. The summed E-state index contributed by atoms with van der Waals surface area (Å²) in [6, 6.07) is 20.8. The largest absolute Gasteiger partial charge is 0.508 e. The smallest absolute Gasteiger partial charge is 0.139 e. The van der Waals surface area contributed by atoms with Crippen LogP contribution in [-0.4, -0.2) is 40.9 Å². The Labute approximate surface area is 213 Å². The molecular weight excluding hydrogens is 450 g/mol. The summed E-state index contributed by atoms with van der Waals surface area (Å²) in [6.45, 7) is 11.9. The summed E-state index contributed by atoms with van der Waals surface area (Å²) in [5, 5.41) is 20.2. The molecule has 0 amide bonds.